The van der Waals surface area contributed by atoms with Crippen LogP contribution in [0, 0.1) is 0 Å². The van der Waals surface area contributed by atoms with E-state index in [-0.39, 0.29) is 18.2 Å². The van der Waals surface area contributed by atoms with Gasteiger partial charge in [0.15, 0.2) is 0 Å². The molecule has 0 aliphatic heterocycles. The van der Waals surface area contributed by atoms with Crippen LogP contribution in [-0.4, -0.2) is 25.5 Å². The van der Waals surface area contributed by atoms with Crippen LogP contribution in [0.3, 0.4) is 0 Å². The van der Waals surface area contributed by atoms with Crippen molar-refractivity contribution in [1.29, 1.82) is 0 Å². The maximum absolute atomic E-state index is 12.0. The van der Waals surface area contributed by atoms with Gasteiger partial charge in [-0.1, -0.05) is 11.6 Å². The average molecular weight is 362 g/mol. The summed E-state index contributed by atoms with van der Waals surface area (Å²) in [6, 6.07) is 12.2. The van der Waals surface area contributed by atoms with Crippen molar-refractivity contribution in [2.24, 2.45) is 0 Å². The summed E-state index contributed by atoms with van der Waals surface area (Å²) < 4.78 is 5.24. The van der Waals surface area contributed by atoms with Crippen LogP contribution in [0.2, 0.25) is 5.02 Å². The van der Waals surface area contributed by atoms with E-state index in [1.165, 1.54) is 6.92 Å². The van der Waals surface area contributed by atoms with Crippen LogP contribution in [0.25, 0.3) is 0 Å². The molecule has 2 aromatic carbocycles. The Kier molecular flexibility index (Phi) is 6.65. The maximum atomic E-state index is 12.0. The monoisotopic (exact) mass is 361 g/mol. The summed E-state index contributed by atoms with van der Waals surface area (Å²) in [5, 5.41) is 9.19. The van der Waals surface area contributed by atoms with Gasteiger partial charge in [0.2, 0.25) is 11.8 Å². The highest BCUT2D eigenvalue weighted by Gasteiger charge is 2.06. The lowest BCUT2D eigenvalue weighted by Gasteiger charge is -2.12. The van der Waals surface area contributed by atoms with E-state index in [1.54, 1.807) is 49.6 Å². The van der Waals surface area contributed by atoms with Crippen molar-refractivity contribution in [2.45, 2.75) is 13.3 Å². The summed E-state index contributed by atoms with van der Waals surface area (Å²) in [5.41, 5.74) is 2.09. The first kappa shape index (κ1) is 18.6. The van der Waals surface area contributed by atoms with Gasteiger partial charge in [-0.15, -0.1) is 0 Å². The van der Waals surface area contributed by atoms with E-state index in [2.05, 4.69) is 16.0 Å². The fourth-order valence-corrected chi connectivity index (χ4v) is 2.36. The van der Waals surface area contributed by atoms with Crippen LogP contribution in [0.4, 0.5) is 17.1 Å². The molecule has 0 atom stereocenters. The number of halogens is 1. The number of carbonyl (C=O) groups is 2. The summed E-state index contributed by atoms with van der Waals surface area (Å²) >= 11 is 5.97. The van der Waals surface area contributed by atoms with Crippen molar-refractivity contribution in [3.8, 4) is 5.75 Å². The summed E-state index contributed by atoms with van der Waals surface area (Å²) in [5.74, 6) is 0.401. The molecule has 2 rings (SSSR count). The smallest absolute Gasteiger partial charge is 0.226 e. The summed E-state index contributed by atoms with van der Waals surface area (Å²) in [6.07, 6.45) is 0.281. The quantitative estimate of drug-likeness (QED) is 0.701. The molecule has 0 fully saturated rings. The lowest BCUT2D eigenvalue weighted by molar-refractivity contribution is -0.116. The van der Waals surface area contributed by atoms with Gasteiger partial charge in [0, 0.05) is 36.3 Å². The molecule has 0 unspecified atom stereocenters. The van der Waals surface area contributed by atoms with Gasteiger partial charge in [-0.3, -0.25) is 9.59 Å². The second-order valence-electron chi connectivity index (χ2n) is 5.33. The van der Waals surface area contributed by atoms with Gasteiger partial charge in [0.05, 0.1) is 12.8 Å². The zero-order valence-corrected chi connectivity index (χ0v) is 14.8. The summed E-state index contributed by atoms with van der Waals surface area (Å²) in [4.78, 5) is 23.0. The van der Waals surface area contributed by atoms with E-state index in [1.807, 2.05) is 0 Å². The van der Waals surface area contributed by atoms with Crippen molar-refractivity contribution in [3.05, 3.63) is 47.5 Å². The van der Waals surface area contributed by atoms with Crippen LogP contribution in [-0.2, 0) is 9.59 Å². The van der Waals surface area contributed by atoms with E-state index in [0.717, 1.165) is 5.69 Å². The van der Waals surface area contributed by atoms with Crippen LogP contribution >= 0.6 is 11.6 Å². The Balaban J connectivity index is 1.83. The number of nitrogens with one attached hydrogen (secondary N) is 3. The molecule has 7 heteroatoms. The number of ether oxygens (including phenoxy) is 1. The minimum atomic E-state index is -0.140. The molecule has 6 nitrogen and oxygen atoms in total. The highest BCUT2D eigenvalue weighted by Crippen LogP contribution is 2.27. The van der Waals surface area contributed by atoms with Crippen molar-refractivity contribution in [3.63, 3.8) is 0 Å². The van der Waals surface area contributed by atoms with E-state index in [4.69, 9.17) is 16.3 Å². The molecule has 25 heavy (non-hydrogen) atoms. The molecule has 0 heterocycles. The standard InChI is InChI=1S/C18H20ClN3O3/c1-12(23)21-14-4-6-15(7-5-14)22-18(24)9-10-20-16-11-13(19)3-8-17(16)25-2/h3-8,11,20H,9-10H2,1-2H3,(H,21,23)(H,22,24). The zero-order chi connectivity index (χ0) is 18.2. The third kappa shape index (κ3) is 6.00. The van der Waals surface area contributed by atoms with Crippen molar-refractivity contribution >= 4 is 40.5 Å². The molecule has 0 aromatic heterocycles. The average Bonchev–Trinajstić information content (AvgIpc) is 2.56. The normalized spacial score (nSPS) is 10.0. The summed E-state index contributed by atoms with van der Waals surface area (Å²) in [7, 11) is 1.58. The van der Waals surface area contributed by atoms with Crippen LogP contribution in [0.5, 0.6) is 5.75 Å². The Labute approximate surface area is 151 Å². The first-order valence-corrected chi connectivity index (χ1v) is 8.10. The molecule has 0 saturated carbocycles. The second-order valence-corrected chi connectivity index (χ2v) is 5.76. The van der Waals surface area contributed by atoms with Crippen molar-refractivity contribution in [2.75, 3.05) is 29.6 Å². The van der Waals surface area contributed by atoms with Gasteiger partial charge >= 0.3 is 0 Å². The Morgan fingerprint density at radius 1 is 1.04 bits per heavy atom. The lowest BCUT2D eigenvalue weighted by Crippen LogP contribution is -2.16. The first-order valence-electron chi connectivity index (χ1n) is 7.73. The molecular weight excluding hydrogens is 342 g/mol. The molecule has 2 amide bonds. The highest BCUT2D eigenvalue weighted by atomic mass is 35.5. The minimum absolute atomic E-state index is 0.124. The number of hydrogen-bond acceptors (Lipinski definition) is 4. The van der Waals surface area contributed by atoms with Crippen LogP contribution in [0.1, 0.15) is 13.3 Å². The molecule has 0 bridgehead atoms. The molecule has 0 radical (unpaired) electrons. The van der Waals surface area contributed by atoms with E-state index in [9.17, 15) is 9.59 Å². The van der Waals surface area contributed by atoms with Crippen LogP contribution in [0.15, 0.2) is 42.5 Å². The predicted octanol–water partition coefficient (Wildman–Crippen LogP) is 3.75. The number of benzene rings is 2. The Hall–Kier alpha value is -2.73. The lowest BCUT2D eigenvalue weighted by atomic mass is 10.2. The molecule has 3 N–H and O–H groups in total. The molecule has 2 aromatic rings. The fourth-order valence-electron chi connectivity index (χ4n) is 2.19. The van der Waals surface area contributed by atoms with Crippen LogP contribution < -0.4 is 20.7 Å². The van der Waals surface area contributed by atoms with Gasteiger partial charge < -0.3 is 20.7 Å². The van der Waals surface area contributed by atoms with E-state index >= 15 is 0 Å². The number of anilines is 3. The predicted molar refractivity (Wildman–Crippen MR) is 100 cm³/mol. The molecular formula is C18H20ClN3O3. The molecule has 132 valence electrons. The number of methoxy groups -OCH3 is 1. The Morgan fingerprint density at radius 2 is 1.68 bits per heavy atom. The minimum Gasteiger partial charge on any atom is -0.495 e. The van der Waals surface area contributed by atoms with Gasteiger partial charge in [0.1, 0.15) is 5.75 Å². The largest absolute Gasteiger partial charge is 0.495 e. The van der Waals surface area contributed by atoms with E-state index < -0.39 is 0 Å². The third-order valence-corrected chi connectivity index (χ3v) is 3.55. The SMILES string of the molecule is COc1ccc(Cl)cc1NCCC(=O)Nc1ccc(NC(C)=O)cc1. The Morgan fingerprint density at radius 3 is 2.28 bits per heavy atom. The fraction of sp³-hybridized carbons (Fsp3) is 0.222. The number of carbonyl (C=O) groups excluding carboxylic acids is 2. The molecule has 0 saturated heterocycles. The van der Waals surface area contributed by atoms with Crippen molar-refractivity contribution in [1.82, 2.24) is 0 Å². The van der Waals surface area contributed by atoms with Crippen molar-refractivity contribution < 1.29 is 14.3 Å². The zero-order valence-electron chi connectivity index (χ0n) is 14.1. The highest BCUT2D eigenvalue weighted by molar-refractivity contribution is 6.30. The topological polar surface area (TPSA) is 79.5 Å². The van der Waals surface area contributed by atoms with Gasteiger partial charge in [0.25, 0.3) is 0 Å². The van der Waals surface area contributed by atoms with Gasteiger partial charge in [-0.05, 0) is 42.5 Å². The summed E-state index contributed by atoms with van der Waals surface area (Å²) in [6.45, 7) is 1.88. The van der Waals surface area contributed by atoms with Gasteiger partial charge in [-0.25, -0.2) is 0 Å². The number of rotatable bonds is 7. The molecule has 0 spiro atoms. The second kappa shape index (κ2) is 8.94. The molecule has 0 aliphatic rings. The first-order chi connectivity index (χ1) is 12.0. The Bertz CT molecular complexity index is 748. The number of hydrogen-bond donors (Lipinski definition) is 3. The van der Waals surface area contributed by atoms with E-state index in [0.29, 0.717) is 28.7 Å². The molecule has 0 aliphatic carbocycles. The van der Waals surface area contributed by atoms with Gasteiger partial charge in [-0.2, -0.15) is 0 Å². The third-order valence-electron chi connectivity index (χ3n) is 3.32. The maximum Gasteiger partial charge on any atom is 0.226 e. The number of amides is 2.